The molecule has 6 nitrogen and oxygen atoms in total. The highest BCUT2D eigenvalue weighted by molar-refractivity contribution is 6.42. The molecule has 2 aliphatic rings. The number of methoxy groups -OCH3 is 1. The first kappa shape index (κ1) is 17.5. The van der Waals surface area contributed by atoms with Gasteiger partial charge in [-0.15, -0.1) is 0 Å². The van der Waals surface area contributed by atoms with Crippen LogP contribution >= 0.6 is 23.2 Å². The molecule has 0 saturated carbocycles. The van der Waals surface area contributed by atoms with Gasteiger partial charge in [0.05, 0.1) is 21.8 Å². The third-order valence-corrected chi connectivity index (χ3v) is 5.66. The van der Waals surface area contributed by atoms with E-state index in [2.05, 4.69) is 15.3 Å². The van der Waals surface area contributed by atoms with E-state index >= 15 is 0 Å². The summed E-state index contributed by atoms with van der Waals surface area (Å²) in [4.78, 5) is 23.8. The van der Waals surface area contributed by atoms with Gasteiger partial charge < -0.3 is 15.0 Å². The molecule has 0 spiro atoms. The van der Waals surface area contributed by atoms with E-state index in [4.69, 9.17) is 27.9 Å². The molecule has 3 heterocycles. The van der Waals surface area contributed by atoms with Crippen molar-refractivity contribution in [2.45, 2.75) is 38.0 Å². The zero-order valence-electron chi connectivity index (χ0n) is 14.2. The molecular weight excluding hydrogens is 375 g/mol. The van der Waals surface area contributed by atoms with Gasteiger partial charge >= 0.3 is 6.03 Å². The van der Waals surface area contributed by atoms with Gasteiger partial charge in [0, 0.05) is 37.0 Å². The number of carbonyl (C=O) groups excluding carboxylic acids is 1. The zero-order chi connectivity index (χ0) is 18.3. The highest BCUT2D eigenvalue weighted by Crippen LogP contribution is 2.43. The molecule has 0 radical (unpaired) electrons. The van der Waals surface area contributed by atoms with Gasteiger partial charge in [0.25, 0.3) is 0 Å². The fourth-order valence-corrected chi connectivity index (χ4v) is 4.09. The number of nitrogens with one attached hydrogen (secondary N) is 1. The Hall–Kier alpha value is -1.89. The summed E-state index contributed by atoms with van der Waals surface area (Å²) in [7, 11) is 1.63. The van der Waals surface area contributed by atoms with E-state index in [1.54, 1.807) is 25.3 Å². The second-order valence-electron chi connectivity index (χ2n) is 6.54. The molecule has 2 aromatic rings. The van der Waals surface area contributed by atoms with Gasteiger partial charge in [-0.25, -0.2) is 14.8 Å². The number of anilines is 1. The first-order chi connectivity index (χ1) is 12.6. The quantitative estimate of drug-likeness (QED) is 0.848. The first-order valence-corrected chi connectivity index (χ1v) is 9.20. The predicted molar refractivity (Wildman–Crippen MR) is 99.5 cm³/mol. The lowest BCUT2D eigenvalue weighted by Gasteiger charge is -2.35. The Bertz CT molecular complexity index is 861. The average molecular weight is 393 g/mol. The summed E-state index contributed by atoms with van der Waals surface area (Å²) in [5.41, 5.74) is 2.68. The van der Waals surface area contributed by atoms with Crippen molar-refractivity contribution in [3.8, 4) is 0 Å². The second-order valence-corrected chi connectivity index (χ2v) is 7.35. The number of hydrogen-bond donors (Lipinski definition) is 1. The van der Waals surface area contributed by atoms with Crippen molar-refractivity contribution in [3.05, 3.63) is 51.5 Å². The largest absolute Gasteiger partial charge is 0.377 e. The molecule has 1 aromatic carbocycles. The van der Waals surface area contributed by atoms with Crippen molar-refractivity contribution in [1.29, 1.82) is 0 Å². The molecular formula is C18H18Cl2N4O2. The van der Waals surface area contributed by atoms with Crippen LogP contribution in [0.4, 0.5) is 10.5 Å². The van der Waals surface area contributed by atoms with Crippen LogP contribution in [0.3, 0.4) is 0 Å². The number of hydrogen-bond acceptors (Lipinski definition) is 4. The molecule has 1 N–H and O–H groups in total. The van der Waals surface area contributed by atoms with E-state index < -0.39 is 0 Å². The average Bonchev–Trinajstić information content (AvgIpc) is 2.94. The molecule has 8 heteroatoms. The summed E-state index contributed by atoms with van der Waals surface area (Å²) in [6.45, 7) is 0.393. The lowest BCUT2D eigenvalue weighted by atomic mass is 9.99. The number of halogens is 2. The summed E-state index contributed by atoms with van der Waals surface area (Å²) >= 11 is 12.0. The van der Waals surface area contributed by atoms with Crippen LogP contribution in [0.5, 0.6) is 0 Å². The molecule has 2 amide bonds. The lowest BCUT2D eigenvalue weighted by Crippen LogP contribution is -2.44. The highest BCUT2D eigenvalue weighted by Gasteiger charge is 2.43. The minimum absolute atomic E-state index is 0.00289. The van der Waals surface area contributed by atoms with Crippen molar-refractivity contribution in [1.82, 2.24) is 14.9 Å². The Morgan fingerprint density at radius 3 is 2.96 bits per heavy atom. The topological polar surface area (TPSA) is 67.4 Å². The molecule has 0 aliphatic carbocycles. The second kappa shape index (κ2) is 7.02. The van der Waals surface area contributed by atoms with E-state index in [1.165, 1.54) is 0 Å². The van der Waals surface area contributed by atoms with Crippen LogP contribution in [0.25, 0.3) is 0 Å². The first-order valence-electron chi connectivity index (χ1n) is 8.45. The van der Waals surface area contributed by atoms with Crippen LogP contribution in [-0.2, 0) is 17.8 Å². The fraction of sp³-hybridized carbons (Fsp3) is 0.389. The molecule has 2 aliphatic heterocycles. The summed E-state index contributed by atoms with van der Waals surface area (Å²) < 4.78 is 5.11. The molecule has 1 aromatic heterocycles. The predicted octanol–water partition coefficient (Wildman–Crippen LogP) is 4.22. The lowest BCUT2D eigenvalue weighted by molar-refractivity contribution is 0.172. The summed E-state index contributed by atoms with van der Waals surface area (Å²) in [6.07, 6.45) is 4.44. The molecule has 2 bridgehead atoms. The third kappa shape index (κ3) is 3.13. The van der Waals surface area contributed by atoms with Crippen LogP contribution in [0, 0.1) is 0 Å². The Labute approximate surface area is 161 Å². The van der Waals surface area contributed by atoms with Crippen LogP contribution in [0.2, 0.25) is 10.0 Å². The number of urea groups is 1. The highest BCUT2D eigenvalue weighted by atomic mass is 35.5. The molecule has 26 heavy (non-hydrogen) atoms. The van der Waals surface area contributed by atoms with Crippen molar-refractivity contribution >= 4 is 34.9 Å². The van der Waals surface area contributed by atoms with E-state index in [9.17, 15) is 4.79 Å². The van der Waals surface area contributed by atoms with Gasteiger partial charge in [-0.3, -0.25) is 0 Å². The maximum Gasteiger partial charge on any atom is 0.322 e. The molecule has 4 rings (SSSR count). The van der Waals surface area contributed by atoms with Crippen molar-refractivity contribution < 1.29 is 9.53 Å². The molecule has 1 fully saturated rings. The number of rotatable bonds is 3. The number of benzene rings is 1. The standard InChI is InChI=1S/C18H18Cl2N4O2/c1-26-9-17-21-8-12-15(23-17)7-11-3-5-16(12)24(11)18(25)22-10-2-4-13(19)14(20)6-10/h2,4,6,8,11,16H,3,5,7,9H2,1H3,(H,22,25). The Morgan fingerprint density at radius 1 is 1.35 bits per heavy atom. The maximum absolute atomic E-state index is 12.9. The number of amides is 2. The number of fused-ring (bicyclic) bond motifs is 4. The van der Waals surface area contributed by atoms with Gasteiger partial charge in [-0.2, -0.15) is 0 Å². The third-order valence-electron chi connectivity index (χ3n) is 4.92. The van der Waals surface area contributed by atoms with E-state index in [0.717, 1.165) is 30.5 Å². The molecule has 2 atom stereocenters. The van der Waals surface area contributed by atoms with Gasteiger partial charge in [-0.05, 0) is 31.0 Å². The van der Waals surface area contributed by atoms with Gasteiger partial charge in [-0.1, -0.05) is 23.2 Å². The molecule has 2 unspecified atom stereocenters. The van der Waals surface area contributed by atoms with Crippen LogP contribution < -0.4 is 5.32 Å². The van der Waals surface area contributed by atoms with Crippen LogP contribution in [-0.4, -0.2) is 34.1 Å². The maximum atomic E-state index is 12.9. The Morgan fingerprint density at radius 2 is 2.19 bits per heavy atom. The number of aromatic nitrogens is 2. The van der Waals surface area contributed by atoms with E-state index in [1.807, 2.05) is 11.1 Å². The van der Waals surface area contributed by atoms with E-state index in [0.29, 0.717) is 28.2 Å². The number of nitrogens with zero attached hydrogens (tertiary/aromatic N) is 3. The normalized spacial score (nSPS) is 20.8. The smallest absolute Gasteiger partial charge is 0.322 e. The Kier molecular flexibility index (Phi) is 4.73. The fourth-order valence-electron chi connectivity index (χ4n) is 3.79. The zero-order valence-corrected chi connectivity index (χ0v) is 15.7. The summed E-state index contributed by atoms with van der Waals surface area (Å²) in [5.74, 6) is 0.680. The van der Waals surface area contributed by atoms with Crippen molar-refractivity contribution in [2.75, 3.05) is 12.4 Å². The minimum atomic E-state index is -0.137. The number of ether oxygens (including phenoxy) is 1. The van der Waals surface area contributed by atoms with Gasteiger partial charge in [0.15, 0.2) is 5.82 Å². The van der Waals surface area contributed by atoms with Crippen LogP contribution in [0.1, 0.15) is 36.0 Å². The summed E-state index contributed by atoms with van der Waals surface area (Å²) in [6, 6.07) is 5.07. The molecule has 1 saturated heterocycles. The minimum Gasteiger partial charge on any atom is -0.377 e. The SMILES string of the molecule is COCc1ncc2c(n1)CC1CCC2N1C(=O)Nc1ccc(Cl)c(Cl)c1. The van der Waals surface area contributed by atoms with Crippen molar-refractivity contribution in [3.63, 3.8) is 0 Å². The van der Waals surface area contributed by atoms with Crippen molar-refractivity contribution in [2.24, 2.45) is 0 Å². The van der Waals surface area contributed by atoms with Gasteiger partial charge in [0.2, 0.25) is 0 Å². The monoisotopic (exact) mass is 392 g/mol. The number of carbonyl (C=O) groups is 1. The van der Waals surface area contributed by atoms with E-state index in [-0.39, 0.29) is 18.1 Å². The summed E-state index contributed by atoms with van der Waals surface area (Å²) in [5, 5.41) is 3.80. The molecule has 136 valence electrons. The van der Waals surface area contributed by atoms with Gasteiger partial charge in [0.1, 0.15) is 6.61 Å². The Balaban J connectivity index is 1.56. The van der Waals surface area contributed by atoms with Crippen LogP contribution in [0.15, 0.2) is 24.4 Å².